The Morgan fingerprint density at radius 3 is 2.15 bits per heavy atom. The van der Waals surface area contributed by atoms with E-state index in [-0.39, 0.29) is 49.7 Å². The molecule has 1 aliphatic heterocycles. The van der Waals surface area contributed by atoms with Crippen LogP contribution in [0.25, 0.3) is 10.8 Å². The van der Waals surface area contributed by atoms with Crippen molar-refractivity contribution in [3.63, 3.8) is 0 Å². The molecule has 0 spiro atoms. The number of carbonyl (C=O) groups excluding carboxylic acids is 3. The van der Waals surface area contributed by atoms with Crippen LogP contribution in [-0.2, 0) is 20.7 Å². The van der Waals surface area contributed by atoms with Crippen LogP contribution in [0.4, 0.5) is 0 Å². The van der Waals surface area contributed by atoms with Crippen LogP contribution in [0.2, 0.25) is 0 Å². The molecule has 3 aromatic rings. The van der Waals surface area contributed by atoms with Crippen molar-refractivity contribution in [2.45, 2.75) is 6.42 Å². The Kier molecular flexibility index (Phi) is 12.7. The van der Waals surface area contributed by atoms with E-state index in [1.807, 2.05) is 42.5 Å². The van der Waals surface area contributed by atoms with Gasteiger partial charge in [-0.2, -0.15) is 0 Å². The summed E-state index contributed by atoms with van der Waals surface area (Å²) in [6.07, 6.45) is 0.158. The normalized spacial score (nSPS) is 13.6. The summed E-state index contributed by atoms with van der Waals surface area (Å²) in [7, 11) is 3.53. The molecule has 1 amide bonds. The molecule has 0 aliphatic carbocycles. The summed E-state index contributed by atoms with van der Waals surface area (Å²) in [5.74, 6) is -0.290. The Bertz CT molecular complexity index is 1240. The van der Waals surface area contributed by atoms with Crippen LogP contribution in [0.15, 0.2) is 66.7 Å². The van der Waals surface area contributed by atoms with E-state index in [0.29, 0.717) is 24.4 Å². The van der Waals surface area contributed by atoms with Gasteiger partial charge in [0, 0.05) is 46.8 Å². The summed E-state index contributed by atoms with van der Waals surface area (Å²) in [4.78, 5) is 42.7. The van der Waals surface area contributed by atoms with E-state index in [1.165, 1.54) is 0 Å². The van der Waals surface area contributed by atoms with Gasteiger partial charge < -0.3 is 14.4 Å². The van der Waals surface area contributed by atoms with Gasteiger partial charge in [-0.1, -0.05) is 42.5 Å². The fourth-order valence-corrected chi connectivity index (χ4v) is 4.28. The number of esters is 2. The molecule has 210 valence electrons. The first kappa shape index (κ1) is 32.0. The second-order valence-corrected chi connectivity index (χ2v) is 9.36. The number of nitrogens with zero attached hydrogens (tertiary/aromatic N) is 3. The topological polar surface area (TPSA) is 79.4 Å². The van der Waals surface area contributed by atoms with E-state index < -0.39 is 5.97 Å². The standard InChI is InChI=1S/C29H33N3O5.2ClH/c1-30(2)27(33)21-32-16-14-31(15-17-32)18-19-36-29(35)23-10-12-25(13-11-23)37-28(34)20-24-8-5-7-22-6-3-4-9-26(22)24;;/h3-13H,14-21H2,1-2H3;2*1H. The molecule has 1 aliphatic rings. The Hall–Kier alpha value is -3.17. The lowest BCUT2D eigenvalue weighted by Crippen LogP contribution is -2.49. The number of benzene rings is 3. The SMILES string of the molecule is CN(C)C(=O)CN1CCN(CCOC(=O)c2ccc(OC(=O)Cc3cccc4ccccc34)cc2)CC1.Cl.Cl. The van der Waals surface area contributed by atoms with Gasteiger partial charge in [0.2, 0.25) is 5.91 Å². The fourth-order valence-electron chi connectivity index (χ4n) is 4.28. The molecular formula is C29H35Cl2N3O5. The maximum absolute atomic E-state index is 12.5. The average molecular weight is 577 g/mol. The average Bonchev–Trinajstić information content (AvgIpc) is 2.90. The van der Waals surface area contributed by atoms with Gasteiger partial charge in [-0.25, -0.2) is 4.79 Å². The molecule has 0 radical (unpaired) electrons. The lowest BCUT2D eigenvalue weighted by Gasteiger charge is -2.34. The molecule has 0 N–H and O–H groups in total. The molecule has 0 bridgehead atoms. The number of hydrogen-bond donors (Lipinski definition) is 0. The Balaban J connectivity index is 0.00000267. The van der Waals surface area contributed by atoms with E-state index in [9.17, 15) is 14.4 Å². The van der Waals surface area contributed by atoms with Crippen LogP contribution in [0, 0.1) is 0 Å². The molecule has 0 aromatic heterocycles. The van der Waals surface area contributed by atoms with Gasteiger partial charge in [-0.3, -0.25) is 19.4 Å². The van der Waals surface area contributed by atoms with Crippen molar-refractivity contribution in [2.24, 2.45) is 0 Å². The molecule has 39 heavy (non-hydrogen) atoms. The highest BCUT2D eigenvalue weighted by atomic mass is 35.5. The number of piperazine rings is 1. The number of carbonyl (C=O) groups is 3. The number of hydrogen-bond acceptors (Lipinski definition) is 7. The first-order chi connectivity index (χ1) is 17.9. The van der Waals surface area contributed by atoms with E-state index in [2.05, 4.69) is 9.80 Å². The zero-order valence-corrected chi connectivity index (χ0v) is 23.8. The van der Waals surface area contributed by atoms with Gasteiger partial charge in [0.15, 0.2) is 0 Å². The van der Waals surface area contributed by atoms with Gasteiger partial charge in [-0.15, -0.1) is 24.8 Å². The first-order valence-electron chi connectivity index (χ1n) is 12.5. The molecule has 0 atom stereocenters. The number of ether oxygens (including phenoxy) is 2. The molecule has 10 heteroatoms. The molecule has 1 heterocycles. The highest BCUT2D eigenvalue weighted by Gasteiger charge is 2.20. The molecule has 3 aromatic carbocycles. The minimum absolute atomic E-state index is 0. The van der Waals surface area contributed by atoms with Crippen molar-refractivity contribution in [1.82, 2.24) is 14.7 Å². The van der Waals surface area contributed by atoms with Crippen molar-refractivity contribution < 1.29 is 23.9 Å². The monoisotopic (exact) mass is 575 g/mol. The first-order valence-corrected chi connectivity index (χ1v) is 12.5. The zero-order valence-electron chi connectivity index (χ0n) is 22.2. The Labute approximate surface area is 241 Å². The molecular weight excluding hydrogens is 541 g/mol. The third-order valence-electron chi connectivity index (χ3n) is 6.50. The summed E-state index contributed by atoms with van der Waals surface area (Å²) in [6, 6.07) is 20.2. The van der Waals surface area contributed by atoms with Crippen molar-refractivity contribution in [2.75, 3.05) is 60.0 Å². The fraction of sp³-hybridized carbons (Fsp3) is 0.345. The van der Waals surface area contributed by atoms with Gasteiger partial charge in [0.1, 0.15) is 12.4 Å². The van der Waals surface area contributed by atoms with E-state index >= 15 is 0 Å². The second-order valence-electron chi connectivity index (χ2n) is 9.36. The van der Waals surface area contributed by atoms with Gasteiger partial charge in [0.05, 0.1) is 18.5 Å². The van der Waals surface area contributed by atoms with Gasteiger partial charge in [-0.05, 0) is 40.6 Å². The highest BCUT2D eigenvalue weighted by molar-refractivity contribution is 5.90. The van der Waals surface area contributed by atoms with E-state index in [4.69, 9.17) is 9.47 Å². The quantitative estimate of drug-likeness (QED) is 0.284. The minimum atomic E-state index is -0.413. The lowest BCUT2D eigenvalue weighted by atomic mass is 10.0. The third-order valence-corrected chi connectivity index (χ3v) is 6.50. The van der Waals surface area contributed by atoms with Crippen LogP contribution < -0.4 is 4.74 Å². The molecule has 0 unspecified atom stereocenters. The van der Waals surface area contributed by atoms with Crippen LogP contribution in [0.3, 0.4) is 0 Å². The minimum Gasteiger partial charge on any atom is -0.461 e. The second kappa shape index (κ2) is 15.4. The Morgan fingerprint density at radius 1 is 0.821 bits per heavy atom. The van der Waals surface area contributed by atoms with Crippen LogP contribution in [0.5, 0.6) is 5.75 Å². The number of halogens is 2. The number of amides is 1. The predicted molar refractivity (Wildman–Crippen MR) is 156 cm³/mol. The maximum Gasteiger partial charge on any atom is 0.338 e. The van der Waals surface area contributed by atoms with Crippen molar-refractivity contribution in [3.8, 4) is 5.75 Å². The largest absolute Gasteiger partial charge is 0.461 e. The molecule has 0 saturated carbocycles. The van der Waals surface area contributed by atoms with Gasteiger partial charge in [0.25, 0.3) is 0 Å². The van der Waals surface area contributed by atoms with E-state index in [0.717, 1.165) is 42.5 Å². The Morgan fingerprint density at radius 2 is 1.46 bits per heavy atom. The summed E-state index contributed by atoms with van der Waals surface area (Å²) in [5, 5.41) is 2.11. The van der Waals surface area contributed by atoms with Crippen molar-refractivity contribution in [1.29, 1.82) is 0 Å². The lowest BCUT2D eigenvalue weighted by molar-refractivity contribution is -0.133. The zero-order chi connectivity index (χ0) is 26.2. The third kappa shape index (κ3) is 9.21. The molecule has 4 rings (SSSR count). The van der Waals surface area contributed by atoms with Crippen LogP contribution in [-0.4, -0.2) is 92.5 Å². The summed E-state index contributed by atoms with van der Waals surface area (Å²) >= 11 is 0. The molecule has 8 nitrogen and oxygen atoms in total. The van der Waals surface area contributed by atoms with Crippen LogP contribution in [0.1, 0.15) is 15.9 Å². The van der Waals surface area contributed by atoms with Gasteiger partial charge >= 0.3 is 11.9 Å². The summed E-state index contributed by atoms with van der Waals surface area (Å²) in [6.45, 7) is 4.66. The van der Waals surface area contributed by atoms with Crippen molar-refractivity contribution >= 4 is 53.4 Å². The smallest absolute Gasteiger partial charge is 0.338 e. The van der Waals surface area contributed by atoms with Crippen molar-refractivity contribution in [3.05, 3.63) is 77.9 Å². The van der Waals surface area contributed by atoms with Crippen LogP contribution >= 0.6 is 24.8 Å². The summed E-state index contributed by atoms with van der Waals surface area (Å²) < 4.78 is 10.9. The number of rotatable bonds is 9. The highest BCUT2D eigenvalue weighted by Crippen LogP contribution is 2.20. The number of fused-ring (bicyclic) bond motifs is 1. The summed E-state index contributed by atoms with van der Waals surface area (Å²) in [5.41, 5.74) is 1.31. The molecule has 1 fully saturated rings. The predicted octanol–water partition coefficient (Wildman–Crippen LogP) is 3.69. The number of likely N-dealkylation sites (N-methyl/N-ethyl adjacent to an activating group) is 1. The maximum atomic E-state index is 12.5. The van der Waals surface area contributed by atoms with E-state index in [1.54, 1.807) is 43.3 Å². The molecule has 1 saturated heterocycles.